The second-order valence-electron chi connectivity index (χ2n) is 2.64. The monoisotopic (exact) mass is 211 g/mol. The van der Waals surface area contributed by atoms with E-state index in [2.05, 4.69) is 33.3 Å². The van der Waals surface area contributed by atoms with Gasteiger partial charge in [0, 0.05) is 23.0 Å². The Labute approximate surface area is 84.6 Å². The maximum absolute atomic E-state index is 3.78. The van der Waals surface area contributed by atoms with E-state index in [0.29, 0.717) is 0 Å². The van der Waals surface area contributed by atoms with Crippen molar-refractivity contribution in [3.8, 4) is 0 Å². The Balaban J connectivity index is 1.97. The SMILES string of the molecule is Cc1sccc1CNc1cnns1. The molecule has 68 valence electrons. The smallest absolute Gasteiger partial charge is 0.130 e. The average molecular weight is 211 g/mol. The molecule has 2 aromatic rings. The largest absolute Gasteiger partial charge is 0.370 e. The van der Waals surface area contributed by atoms with Crippen LogP contribution >= 0.6 is 22.9 Å². The van der Waals surface area contributed by atoms with Gasteiger partial charge in [0.25, 0.3) is 0 Å². The van der Waals surface area contributed by atoms with E-state index >= 15 is 0 Å². The molecule has 1 N–H and O–H groups in total. The van der Waals surface area contributed by atoms with Gasteiger partial charge in [-0.1, -0.05) is 4.49 Å². The minimum absolute atomic E-state index is 0.860. The van der Waals surface area contributed by atoms with Crippen molar-refractivity contribution in [2.24, 2.45) is 0 Å². The number of rotatable bonds is 3. The summed E-state index contributed by atoms with van der Waals surface area (Å²) in [4.78, 5) is 1.37. The van der Waals surface area contributed by atoms with E-state index in [-0.39, 0.29) is 0 Å². The van der Waals surface area contributed by atoms with Gasteiger partial charge in [-0.15, -0.1) is 16.4 Å². The minimum atomic E-state index is 0.860. The van der Waals surface area contributed by atoms with Gasteiger partial charge in [0.2, 0.25) is 0 Å². The predicted molar refractivity (Wildman–Crippen MR) is 56.3 cm³/mol. The number of hydrogen-bond donors (Lipinski definition) is 1. The zero-order chi connectivity index (χ0) is 9.10. The van der Waals surface area contributed by atoms with Gasteiger partial charge in [0.1, 0.15) is 5.00 Å². The standard InChI is InChI=1S/C8H9N3S2/c1-6-7(2-3-12-6)4-9-8-5-10-11-13-8/h2-3,5,9H,4H2,1H3. The van der Waals surface area contributed by atoms with E-state index in [1.165, 1.54) is 22.0 Å². The normalized spacial score (nSPS) is 10.2. The maximum Gasteiger partial charge on any atom is 0.130 e. The molecule has 0 atom stereocenters. The van der Waals surface area contributed by atoms with Crippen molar-refractivity contribution in [3.63, 3.8) is 0 Å². The molecule has 2 rings (SSSR count). The Kier molecular flexibility index (Phi) is 2.56. The fourth-order valence-corrected chi connectivity index (χ4v) is 2.16. The third-order valence-electron chi connectivity index (χ3n) is 1.78. The zero-order valence-corrected chi connectivity index (χ0v) is 8.78. The Morgan fingerprint density at radius 2 is 2.46 bits per heavy atom. The molecule has 0 aliphatic heterocycles. The lowest BCUT2D eigenvalue weighted by atomic mass is 10.3. The van der Waals surface area contributed by atoms with E-state index in [1.54, 1.807) is 17.5 Å². The summed E-state index contributed by atoms with van der Waals surface area (Å²) in [7, 11) is 0. The van der Waals surface area contributed by atoms with E-state index in [9.17, 15) is 0 Å². The Bertz CT molecular complexity index is 366. The molecule has 0 saturated carbocycles. The Hall–Kier alpha value is -0.940. The molecule has 2 heterocycles. The molecule has 0 spiro atoms. The number of hydrogen-bond acceptors (Lipinski definition) is 5. The third-order valence-corrected chi connectivity index (χ3v) is 3.29. The van der Waals surface area contributed by atoms with Gasteiger partial charge in [0.05, 0.1) is 6.20 Å². The number of thiophene rings is 1. The summed E-state index contributed by atoms with van der Waals surface area (Å²) >= 11 is 3.16. The van der Waals surface area contributed by atoms with Gasteiger partial charge in [0.15, 0.2) is 0 Å². The van der Waals surface area contributed by atoms with Crippen molar-refractivity contribution >= 4 is 27.9 Å². The zero-order valence-electron chi connectivity index (χ0n) is 7.15. The van der Waals surface area contributed by atoms with Crippen LogP contribution in [0.15, 0.2) is 17.6 Å². The number of anilines is 1. The van der Waals surface area contributed by atoms with Crippen molar-refractivity contribution in [3.05, 3.63) is 28.1 Å². The van der Waals surface area contributed by atoms with Crippen LogP contribution in [0, 0.1) is 6.92 Å². The lowest BCUT2D eigenvalue weighted by Crippen LogP contribution is -1.96. The van der Waals surface area contributed by atoms with Crippen LogP contribution in [-0.4, -0.2) is 9.59 Å². The number of nitrogens with zero attached hydrogens (tertiary/aromatic N) is 2. The van der Waals surface area contributed by atoms with Crippen molar-refractivity contribution in [2.75, 3.05) is 5.32 Å². The summed E-state index contributed by atoms with van der Waals surface area (Å²) < 4.78 is 3.78. The Morgan fingerprint density at radius 1 is 1.54 bits per heavy atom. The lowest BCUT2D eigenvalue weighted by Gasteiger charge is -2.00. The highest BCUT2D eigenvalue weighted by Gasteiger charge is 1.99. The molecule has 13 heavy (non-hydrogen) atoms. The molecule has 0 aliphatic carbocycles. The first-order valence-electron chi connectivity index (χ1n) is 3.90. The van der Waals surface area contributed by atoms with Gasteiger partial charge in [-0.25, -0.2) is 0 Å². The van der Waals surface area contributed by atoms with Gasteiger partial charge in [-0.2, -0.15) is 0 Å². The summed E-state index contributed by atoms with van der Waals surface area (Å²) in [5, 5.41) is 10.1. The summed E-state index contributed by atoms with van der Waals surface area (Å²) in [6.45, 7) is 2.99. The third kappa shape index (κ3) is 2.05. The summed E-state index contributed by atoms with van der Waals surface area (Å²) in [6, 6.07) is 2.14. The molecule has 0 unspecified atom stereocenters. The highest BCUT2D eigenvalue weighted by molar-refractivity contribution is 7.10. The van der Waals surface area contributed by atoms with Gasteiger partial charge >= 0.3 is 0 Å². The van der Waals surface area contributed by atoms with Crippen molar-refractivity contribution in [1.82, 2.24) is 9.59 Å². The van der Waals surface area contributed by atoms with Crippen molar-refractivity contribution in [2.45, 2.75) is 13.5 Å². The first-order valence-corrected chi connectivity index (χ1v) is 5.56. The molecule has 0 saturated heterocycles. The van der Waals surface area contributed by atoms with Crippen molar-refractivity contribution in [1.29, 1.82) is 0 Å². The molecular formula is C8H9N3S2. The van der Waals surface area contributed by atoms with Crippen LogP contribution in [0.3, 0.4) is 0 Å². The molecule has 5 heteroatoms. The van der Waals surface area contributed by atoms with Crippen LogP contribution in [0.1, 0.15) is 10.4 Å². The first kappa shape index (κ1) is 8.65. The highest BCUT2D eigenvalue weighted by Crippen LogP contribution is 2.17. The van der Waals surface area contributed by atoms with E-state index in [4.69, 9.17) is 0 Å². The molecule has 0 aromatic carbocycles. The van der Waals surface area contributed by atoms with Crippen LogP contribution in [-0.2, 0) is 6.54 Å². The van der Waals surface area contributed by atoms with Crippen LogP contribution in [0.25, 0.3) is 0 Å². The summed E-state index contributed by atoms with van der Waals surface area (Å²) in [5.41, 5.74) is 1.35. The first-order chi connectivity index (χ1) is 6.36. The van der Waals surface area contributed by atoms with Crippen molar-refractivity contribution < 1.29 is 0 Å². The maximum atomic E-state index is 3.78. The molecule has 2 aromatic heterocycles. The second kappa shape index (κ2) is 3.85. The number of aryl methyl sites for hydroxylation is 1. The summed E-state index contributed by atoms with van der Waals surface area (Å²) in [6.07, 6.45) is 1.74. The average Bonchev–Trinajstić information content (AvgIpc) is 2.72. The van der Waals surface area contributed by atoms with E-state index in [0.717, 1.165) is 11.5 Å². The fourth-order valence-electron chi connectivity index (χ4n) is 1.02. The van der Waals surface area contributed by atoms with Crippen LogP contribution in [0.2, 0.25) is 0 Å². The predicted octanol–water partition coefficient (Wildman–Crippen LogP) is 2.52. The van der Waals surface area contributed by atoms with Gasteiger partial charge < -0.3 is 5.32 Å². The summed E-state index contributed by atoms with van der Waals surface area (Å²) in [5.74, 6) is 0. The molecular weight excluding hydrogens is 202 g/mol. The van der Waals surface area contributed by atoms with Crippen LogP contribution < -0.4 is 5.32 Å². The molecule has 0 aliphatic rings. The fraction of sp³-hybridized carbons (Fsp3) is 0.250. The molecule has 0 fully saturated rings. The number of nitrogens with one attached hydrogen (secondary N) is 1. The quantitative estimate of drug-likeness (QED) is 0.847. The van der Waals surface area contributed by atoms with E-state index in [1.807, 2.05) is 0 Å². The van der Waals surface area contributed by atoms with E-state index < -0.39 is 0 Å². The topological polar surface area (TPSA) is 37.8 Å². The van der Waals surface area contributed by atoms with Crippen LogP contribution in [0.5, 0.6) is 0 Å². The molecule has 0 bridgehead atoms. The minimum Gasteiger partial charge on any atom is -0.370 e. The molecule has 0 amide bonds. The van der Waals surface area contributed by atoms with Crippen LogP contribution in [0.4, 0.5) is 5.00 Å². The highest BCUT2D eigenvalue weighted by atomic mass is 32.1. The molecule has 0 radical (unpaired) electrons. The number of aromatic nitrogens is 2. The Morgan fingerprint density at radius 3 is 3.08 bits per heavy atom. The van der Waals surface area contributed by atoms with Gasteiger partial charge in [-0.05, 0) is 23.9 Å². The second-order valence-corrected chi connectivity index (χ2v) is 4.54. The van der Waals surface area contributed by atoms with Gasteiger partial charge in [-0.3, -0.25) is 0 Å². The molecule has 3 nitrogen and oxygen atoms in total. The lowest BCUT2D eigenvalue weighted by molar-refractivity contribution is 1.13.